The first-order valence-corrected chi connectivity index (χ1v) is 7.58. The molecule has 20 heavy (non-hydrogen) atoms. The van der Waals surface area contributed by atoms with Crippen molar-refractivity contribution in [2.45, 2.75) is 10.4 Å². The highest BCUT2D eigenvalue weighted by atomic mass is 32.2. The second-order valence-electron chi connectivity index (χ2n) is 3.99. The van der Waals surface area contributed by atoms with Crippen LogP contribution in [0.15, 0.2) is 56.6 Å². The standard InChI is InChI=1S/C13H8N4OS2/c1-2-5-9-8(4-1)14-13(18-9)20-12-15-11(16-17-12)10-6-3-7-19-10/h1-7H,(H,15,16,17). The van der Waals surface area contributed by atoms with Gasteiger partial charge in [-0.3, -0.25) is 5.10 Å². The highest BCUT2D eigenvalue weighted by Gasteiger charge is 2.12. The third-order valence-corrected chi connectivity index (χ3v) is 4.26. The molecule has 7 heteroatoms. The number of fused-ring (bicyclic) bond motifs is 1. The molecule has 3 heterocycles. The Morgan fingerprint density at radius 3 is 2.90 bits per heavy atom. The zero-order valence-corrected chi connectivity index (χ0v) is 11.7. The van der Waals surface area contributed by atoms with E-state index in [4.69, 9.17) is 4.42 Å². The van der Waals surface area contributed by atoms with Gasteiger partial charge >= 0.3 is 0 Å². The molecule has 0 fully saturated rings. The lowest BCUT2D eigenvalue weighted by molar-refractivity contribution is 0.489. The first-order valence-electron chi connectivity index (χ1n) is 5.88. The quantitative estimate of drug-likeness (QED) is 0.623. The highest BCUT2D eigenvalue weighted by molar-refractivity contribution is 7.98. The van der Waals surface area contributed by atoms with E-state index in [1.165, 1.54) is 11.8 Å². The van der Waals surface area contributed by atoms with Crippen LogP contribution in [0.3, 0.4) is 0 Å². The lowest BCUT2D eigenvalue weighted by atomic mass is 10.3. The number of rotatable bonds is 3. The van der Waals surface area contributed by atoms with Crippen LogP contribution < -0.4 is 0 Å². The van der Waals surface area contributed by atoms with Crippen molar-refractivity contribution < 1.29 is 4.42 Å². The SMILES string of the molecule is c1csc(-c2nc(Sc3nc4ccccc4o3)n[nH]2)c1. The van der Waals surface area contributed by atoms with Crippen LogP contribution in [-0.2, 0) is 0 Å². The fourth-order valence-corrected chi connectivity index (χ4v) is 3.11. The van der Waals surface area contributed by atoms with Gasteiger partial charge < -0.3 is 4.42 Å². The maximum Gasteiger partial charge on any atom is 0.264 e. The van der Waals surface area contributed by atoms with Crippen LogP contribution in [0.1, 0.15) is 0 Å². The number of nitrogens with one attached hydrogen (secondary N) is 1. The van der Waals surface area contributed by atoms with Gasteiger partial charge in [-0.2, -0.15) is 0 Å². The van der Waals surface area contributed by atoms with E-state index in [0.29, 0.717) is 10.4 Å². The molecule has 0 aliphatic rings. The van der Waals surface area contributed by atoms with Crippen LogP contribution in [0.4, 0.5) is 0 Å². The summed E-state index contributed by atoms with van der Waals surface area (Å²) >= 11 is 2.92. The van der Waals surface area contributed by atoms with E-state index >= 15 is 0 Å². The largest absolute Gasteiger partial charge is 0.431 e. The van der Waals surface area contributed by atoms with Gasteiger partial charge in [-0.25, -0.2) is 9.97 Å². The predicted molar refractivity (Wildman–Crippen MR) is 77.8 cm³/mol. The number of oxazole rings is 1. The Labute approximate surface area is 122 Å². The molecule has 0 atom stereocenters. The maximum atomic E-state index is 5.63. The first kappa shape index (κ1) is 11.7. The Hall–Kier alpha value is -2.12. The van der Waals surface area contributed by atoms with Crippen molar-refractivity contribution in [2.75, 3.05) is 0 Å². The summed E-state index contributed by atoms with van der Waals surface area (Å²) in [7, 11) is 0. The molecule has 0 spiro atoms. The van der Waals surface area contributed by atoms with Gasteiger partial charge in [0.2, 0.25) is 5.16 Å². The topological polar surface area (TPSA) is 67.6 Å². The monoisotopic (exact) mass is 300 g/mol. The molecule has 4 aromatic rings. The van der Waals surface area contributed by atoms with Crippen molar-refractivity contribution in [3.05, 3.63) is 41.8 Å². The molecular weight excluding hydrogens is 292 g/mol. The lowest BCUT2D eigenvalue weighted by Crippen LogP contribution is -1.76. The highest BCUT2D eigenvalue weighted by Crippen LogP contribution is 2.29. The zero-order chi connectivity index (χ0) is 13.4. The molecule has 0 saturated carbocycles. The van der Waals surface area contributed by atoms with Crippen molar-refractivity contribution in [2.24, 2.45) is 0 Å². The van der Waals surface area contributed by atoms with E-state index in [9.17, 15) is 0 Å². The summed E-state index contributed by atoms with van der Waals surface area (Å²) in [6.45, 7) is 0. The van der Waals surface area contributed by atoms with Crippen LogP contribution in [0.2, 0.25) is 0 Å². The number of hydrogen-bond donors (Lipinski definition) is 1. The Morgan fingerprint density at radius 1 is 1.10 bits per heavy atom. The van der Waals surface area contributed by atoms with Gasteiger partial charge in [-0.05, 0) is 23.6 Å². The van der Waals surface area contributed by atoms with Crippen molar-refractivity contribution in [1.82, 2.24) is 20.2 Å². The van der Waals surface area contributed by atoms with Crippen molar-refractivity contribution >= 4 is 34.2 Å². The number of aromatic nitrogens is 4. The average molecular weight is 300 g/mol. The van der Waals surface area contributed by atoms with Gasteiger partial charge in [0.25, 0.3) is 5.22 Å². The third-order valence-electron chi connectivity index (χ3n) is 2.67. The summed E-state index contributed by atoms with van der Waals surface area (Å²) in [4.78, 5) is 9.87. The zero-order valence-electron chi connectivity index (χ0n) is 10.1. The Balaban J connectivity index is 1.62. The number of thiophene rings is 1. The predicted octanol–water partition coefficient (Wildman–Crippen LogP) is 3.83. The number of benzene rings is 1. The molecule has 3 aromatic heterocycles. The normalized spacial score (nSPS) is 11.2. The van der Waals surface area contributed by atoms with Gasteiger partial charge in [0.05, 0.1) is 4.88 Å². The minimum absolute atomic E-state index is 0.544. The molecule has 98 valence electrons. The molecule has 0 bridgehead atoms. The van der Waals surface area contributed by atoms with E-state index in [1.54, 1.807) is 11.3 Å². The number of hydrogen-bond acceptors (Lipinski definition) is 6. The van der Waals surface area contributed by atoms with Gasteiger partial charge in [0, 0.05) is 11.8 Å². The summed E-state index contributed by atoms with van der Waals surface area (Å²) in [5, 5.41) is 10.2. The van der Waals surface area contributed by atoms with E-state index < -0.39 is 0 Å². The molecule has 5 nitrogen and oxygen atoms in total. The maximum absolute atomic E-state index is 5.63. The summed E-state index contributed by atoms with van der Waals surface area (Å²) < 4.78 is 5.63. The van der Waals surface area contributed by atoms with Gasteiger partial charge in [0.1, 0.15) is 5.52 Å². The van der Waals surface area contributed by atoms with E-state index in [0.717, 1.165) is 21.8 Å². The minimum Gasteiger partial charge on any atom is -0.431 e. The molecule has 0 unspecified atom stereocenters. The van der Waals surface area contributed by atoms with Crippen LogP contribution in [-0.4, -0.2) is 20.2 Å². The molecule has 1 N–H and O–H groups in total. The third kappa shape index (κ3) is 2.10. The van der Waals surface area contributed by atoms with Crippen molar-refractivity contribution in [3.63, 3.8) is 0 Å². The van der Waals surface area contributed by atoms with Crippen LogP contribution in [0.5, 0.6) is 0 Å². The van der Waals surface area contributed by atoms with Gasteiger partial charge in [-0.1, -0.05) is 18.2 Å². The lowest BCUT2D eigenvalue weighted by Gasteiger charge is -1.87. The molecule has 0 saturated heterocycles. The second-order valence-corrected chi connectivity index (χ2v) is 5.86. The van der Waals surface area contributed by atoms with Gasteiger partial charge in [-0.15, -0.1) is 16.4 Å². The first-order chi connectivity index (χ1) is 9.88. The summed E-state index contributed by atoms with van der Waals surface area (Å²) in [5.74, 6) is 0.763. The van der Waals surface area contributed by atoms with Gasteiger partial charge in [0.15, 0.2) is 11.4 Å². The summed E-state index contributed by atoms with van der Waals surface area (Å²) in [5.41, 5.74) is 1.60. The molecular formula is C13H8N4OS2. The molecule has 4 rings (SSSR count). The minimum atomic E-state index is 0.544. The fraction of sp³-hybridized carbons (Fsp3) is 0. The van der Waals surface area contributed by atoms with Crippen molar-refractivity contribution in [3.8, 4) is 10.7 Å². The number of para-hydroxylation sites is 2. The summed E-state index contributed by atoms with van der Waals surface area (Å²) in [6.07, 6.45) is 0. The Morgan fingerprint density at radius 2 is 2.05 bits per heavy atom. The van der Waals surface area contributed by atoms with E-state index in [2.05, 4.69) is 20.2 Å². The van der Waals surface area contributed by atoms with Crippen LogP contribution in [0, 0.1) is 0 Å². The smallest absolute Gasteiger partial charge is 0.264 e. The van der Waals surface area contributed by atoms with Crippen LogP contribution in [0.25, 0.3) is 21.8 Å². The van der Waals surface area contributed by atoms with Crippen molar-refractivity contribution in [1.29, 1.82) is 0 Å². The molecule has 0 aliphatic heterocycles. The molecule has 0 amide bonds. The number of nitrogens with zero attached hydrogens (tertiary/aromatic N) is 3. The summed E-state index contributed by atoms with van der Waals surface area (Å²) in [6, 6.07) is 11.6. The molecule has 0 aliphatic carbocycles. The molecule has 0 radical (unpaired) electrons. The molecule has 1 aromatic carbocycles. The van der Waals surface area contributed by atoms with E-state index in [-0.39, 0.29) is 0 Å². The Kier molecular flexibility index (Phi) is 2.79. The van der Waals surface area contributed by atoms with E-state index in [1.807, 2.05) is 41.8 Å². The van der Waals surface area contributed by atoms with Crippen LogP contribution >= 0.6 is 23.1 Å². The number of aromatic amines is 1. The fourth-order valence-electron chi connectivity index (χ4n) is 1.79. The average Bonchev–Trinajstić information content (AvgIpc) is 3.18. The number of H-pyrrole nitrogens is 1. The second kappa shape index (κ2) is 4.77. The Bertz CT molecular complexity index is 817.